The monoisotopic (exact) mass is 175 g/mol. The van der Waals surface area contributed by atoms with Gasteiger partial charge in [-0.1, -0.05) is 13.0 Å². The molecule has 0 unspecified atom stereocenters. The van der Waals surface area contributed by atoms with E-state index in [4.69, 9.17) is 4.74 Å². The predicted octanol–water partition coefficient (Wildman–Crippen LogP) is 2.15. The molecule has 67 valence electrons. The first-order valence-electron chi connectivity index (χ1n) is 4.39. The van der Waals surface area contributed by atoms with Gasteiger partial charge in [0.1, 0.15) is 11.3 Å². The average Bonchev–Trinajstić information content (AvgIpc) is 2.62. The number of aromatic amines is 1. The summed E-state index contributed by atoms with van der Waals surface area (Å²) in [6, 6.07) is 5.80. The number of fused-ring (bicyclic) bond motifs is 1. The quantitative estimate of drug-likeness (QED) is 0.776. The van der Waals surface area contributed by atoms with E-state index in [2.05, 4.69) is 23.2 Å². The number of H-pyrrole nitrogens is 1. The predicted molar refractivity (Wildman–Crippen MR) is 50.7 cm³/mol. The number of benzene rings is 1. The molecular formula is C10H11N2O. The maximum atomic E-state index is 5.54. The van der Waals surface area contributed by atoms with Gasteiger partial charge in [0.05, 0.1) is 12.1 Å². The summed E-state index contributed by atoms with van der Waals surface area (Å²) in [7, 11) is 0. The summed E-state index contributed by atoms with van der Waals surface area (Å²) in [5.74, 6) is 0.855. The molecule has 0 saturated carbocycles. The van der Waals surface area contributed by atoms with Gasteiger partial charge in [0, 0.05) is 0 Å². The van der Waals surface area contributed by atoms with Crippen LogP contribution < -0.4 is 4.74 Å². The minimum Gasteiger partial charge on any atom is -0.491 e. The van der Waals surface area contributed by atoms with Crippen LogP contribution in [0.5, 0.6) is 5.75 Å². The standard InChI is InChI=1S/C10H11N2O/c1-2-6-13-9-5-3-4-8-10(9)12-7-11-8/h3-5H,2,6H2,1H3,(H,11,12). The Balaban J connectivity index is 2.37. The molecule has 0 bridgehead atoms. The van der Waals surface area contributed by atoms with E-state index in [1.807, 2.05) is 18.2 Å². The molecule has 2 aromatic rings. The highest BCUT2D eigenvalue weighted by Gasteiger charge is 2.02. The molecule has 1 heterocycles. The van der Waals surface area contributed by atoms with Crippen LogP contribution in [0.1, 0.15) is 13.3 Å². The van der Waals surface area contributed by atoms with Gasteiger partial charge in [-0.05, 0) is 18.6 Å². The van der Waals surface area contributed by atoms with Gasteiger partial charge in [-0.15, -0.1) is 0 Å². The van der Waals surface area contributed by atoms with Gasteiger partial charge < -0.3 is 9.72 Å². The van der Waals surface area contributed by atoms with Gasteiger partial charge >= 0.3 is 0 Å². The fourth-order valence-electron chi connectivity index (χ4n) is 1.21. The Morgan fingerprint density at radius 1 is 1.54 bits per heavy atom. The number of nitrogens with one attached hydrogen (secondary N) is 1. The lowest BCUT2D eigenvalue weighted by atomic mass is 10.3. The Hall–Kier alpha value is -1.51. The molecule has 1 radical (unpaired) electrons. The minimum atomic E-state index is 0.734. The second kappa shape index (κ2) is 3.47. The van der Waals surface area contributed by atoms with E-state index in [9.17, 15) is 0 Å². The highest BCUT2D eigenvalue weighted by Crippen LogP contribution is 2.21. The molecule has 1 N–H and O–H groups in total. The SMILES string of the molecule is CCCOc1cccc2n[c][nH]c12. The van der Waals surface area contributed by atoms with Crippen LogP contribution in [0.3, 0.4) is 0 Å². The average molecular weight is 175 g/mol. The Morgan fingerprint density at radius 3 is 3.31 bits per heavy atom. The molecule has 0 amide bonds. The zero-order chi connectivity index (χ0) is 9.10. The van der Waals surface area contributed by atoms with Crippen molar-refractivity contribution in [2.75, 3.05) is 6.61 Å². The van der Waals surface area contributed by atoms with E-state index in [1.165, 1.54) is 0 Å². The smallest absolute Gasteiger partial charge is 0.174 e. The molecule has 0 atom stereocenters. The van der Waals surface area contributed by atoms with Crippen molar-refractivity contribution in [3.8, 4) is 5.75 Å². The summed E-state index contributed by atoms with van der Waals surface area (Å²) in [6.07, 6.45) is 3.71. The van der Waals surface area contributed by atoms with Gasteiger partial charge in [-0.3, -0.25) is 0 Å². The second-order valence-electron chi connectivity index (χ2n) is 2.85. The van der Waals surface area contributed by atoms with E-state index in [0.29, 0.717) is 0 Å². The first-order chi connectivity index (χ1) is 6.42. The van der Waals surface area contributed by atoms with Gasteiger partial charge in [0.25, 0.3) is 0 Å². The van der Waals surface area contributed by atoms with Crippen LogP contribution in [0.4, 0.5) is 0 Å². The van der Waals surface area contributed by atoms with Crippen molar-refractivity contribution in [3.63, 3.8) is 0 Å². The van der Waals surface area contributed by atoms with E-state index in [1.54, 1.807) is 0 Å². The van der Waals surface area contributed by atoms with Gasteiger partial charge in [-0.2, -0.15) is 0 Å². The Morgan fingerprint density at radius 2 is 2.46 bits per heavy atom. The van der Waals surface area contributed by atoms with Crippen LogP contribution in [0.25, 0.3) is 11.0 Å². The number of aromatic nitrogens is 2. The van der Waals surface area contributed by atoms with Crippen molar-refractivity contribution in [2.24, 2.45) is 0 Å². The molecule has 0 spiro atoms. The normalized spacial score (nSPS) is 10.5. The highest BCUT2D eigenvalue weighted by atomic mass is 16.5. The number of hydrogen-bond donors (Lipinski definition) is 1. The molecule has 0 saturated heterocycles. The fraction of sp³-hybridized carbons (Fsp3) is 0.300. The lowest BCUT2D eigenvalue weighted by Crippen LogP contribution is -1.95. The van der Waals surface area contributed by atoms with Crippen molar-refractivity contribution >= 4 is 11.0 Å². The number of rotatable bonds is 3. The summed E-state index contributed by atoms with van der Waals surface area (Å²) in [5.41, 5.74) is 1.82. The molecule has 0 aliphatic heterocycles. The van der Waals surface area contributed by atoms with Gasteiger partial charge in [-0.25, -0.2) is 4.98 Å². The molecule has 0 fully saturated rings. The van der Waals surface area contributed by atoms with E-state index in [-0.39, 0.29) is 0 Å². The molecule has 13 heavy (non-hydrogen) atoms. The van der Waals surface area contributed by atoms with Gasteiger partial charge in [0.15, 0.2) is 6.33 Å². The first-order valence-corrected chi connectivity index (χ1v) is 4.39. The molecule has 3 nitrogen and oxygen atoms in total. The van der Waals surface area contributed by atoms with Gasteiger partial charge in [0.2, 0.25) is 0 Å². The van der Waals surface area contributed by atoms with Crippen molar-refractivity contribution in [2.45, 2.75) is 13.3 Å². The fourth-order valence-corrected chi connectivity index (χ4v) is 1.21. The van der Waals surface area contributed by atoms with Crippen LogP contribution in [-0.2, 0) is 0 Å². The molecule has 2 rings (SSSR count). The zero-order valence-corrected chi connectivity index (χ0v) is 7.50. The van der Waals surface area contributed by atoms with Crippen molar-refractivity contribution in [3.05, 3.63) is 24.5 Å². The molecule has 0 aliphatic carbocycles. The summed E-state index contributed by atoms with van der Waals surface area (Å²) in [4.78, 5) is 6.96. The number of ether oxygens (including phenoxy) is 1. The molecular weight excluding hydrogens is 164 g/mol. The number of hydrogen-bond acceptors (Lipinski definition) is 2. The number of nitrogens with zero attached hydrogens (tertiary/aromatic N) is 1. The Kier molecular flexibility index (Phi) is 2.17. The Bertz CT molecular complexity index is 394. The summed E-state index contributed by atoms with van der Waals surface area (Å²) in [6.45, 7) is 2.82. The molecule has 0 aliphatic rings. The van der Waals surface area contributed by atoms with E-state index >= 15 is 0 Å². The van der Waals surface area contributed by atoms with E-state index in [0.717, 1.165) is 29.8 Å². The lowest BCUT2D eigenvalue weighted by Gasteiger charge is -2.04. The van der Waals surface area contributed by atoms with Crippen LogP contribution in [0.2, 0.25) is 0 Å². The lowest BCUT2D eigenvalue weighted by molar-refractivity contribution is 0.320. The second-order valence-corrected chi connectivity index (χ2v) is 2.85. The molecule has 1 aromatic heterocycles. The zero-order valence-electron chi connectivity index (χ0n) is 7.50. The van der Waals surface area contributed by atoms with E-state index < -0.39 is 0 Å². The van der Waals surface area contributed by atoms with Crippen molar-refractivity contribution < 1.29 is 4.74 Å². The topological polar surface area (TPSA) is 37.9 Å². The maximum absolute atomic E-state index is 5.54. The highest BCUT2D eigenvalue weighted by molar-refractivity contribution is 5.80. The van der Waals surface area contributed by atoms with Crippen LogP contribution in [0.15, 0.2) is 18.2 Å². The third kappa shape index (κ3) is 1.49. The summed E-state index contributed by atoms with van der Waals surface area (Å²) in [5, 5.41) is 0. The Labute approximate surface area is 76.8 Å². The number of imidazole rings is 1. The maximum Gasteiger partial charge on any atom is 0.174 e. The summed E-state index contributed by atoms with van der Waals surface area (Å²) < 4.78 is 5.54. The third-order valence-corrected chi connectivity index (χ3v) is 1.82. The molecule has 3 heteroatoms. The number of para-hydroxylation sites is 1. The first kappa shape index (κ1) is 8.10. The minimum absolute atomic E-state index is 0.734. The largest absolute Gasteiger partial charge is 0.491 e. The van der Waals surface area contributed by atoms with Crippen molar-refractivity contribution in [1.29, 1.82) is 0 Å². The van der Waals surface area contributed by atoms with Crippen molar-refractivity contribution in [1.82, 2.24) is 9.97 Å². The van der Waals surface area contributed by atoms with Crippen LogP contribution in [0, 0.1) is 6.33 Å². The van der Waals surface area contributed by atoms with Crippen LogP contribution in [-0.4, -0.2) is 16.6 Å². The summed E-state index contributed by atoms with van der Waals surface area (Å²) >= 11 is 0. The molecule has 1 aromatic carbocycles. The van der Waals surface area contributed by atoms with Crippen LogP contribution >= 0.6 is 0 Å². The third-order valence-electron chi connectivity index (χ3n) is 1.82.